The van der Waals surface area contributed by atoms with Crippen LogP contribution >= 0.6 is 11.6 Å². The monoisotopic (exact) mass is 371 g/mol. The van der Waals surface area contributed by atoms with E-state index in [0.717, 1.165) is 9.87 Å². The molecule has 2 aromatic rings. The van der Waals surface area contributed by atoms with E-state index in [1.54, 1.807) is 13.8 Å². The van der Waals surface area contributed by atoms with E-state index in [9.17, 15) is 13.2 Å². The molecule has 0 saturated carbocycles. The lowest BCUT2D eigenvalue weighted by atomic mass is 10.2. The number of carbonyl (C=O) groups is 1. The number of hydrogen-bond donors (Lipinski definition) is 1. The normalized spacial score (nSPS) is 11.8. The maximum absolute atomic E-state index is 12.4. The van der Waals surface area contributed by atoms with Crippen molar-refractivity contribution >= 4 is 27.5 Å². The molecule has 130 valence electrons. The summed E-state index contributed by atoms with van der Waals surface area (Å²) >= 11 is 6.04. The Labute approximate surface area is 145 Å². The largest absolute Gasteiger partial charge is 0.361 e. The first kappa shape index (κ1) is 18.4. The molecule has 2 rings (SSSR count). The molecule has 1 heterocycles. The summed E-state index contributed by atoms with van der Waals surface area (Å²) in [5.74, 6) is 0.138. The van der Waals surface area contributed by atoms with Gasteiger partial charge in [0.25, 0.3) is 5.91 Å². The van der Waals surface area contributed by atoms with E-state index in [4.69, 9.17) is 16.1 Å². The number of hydrogen-bond acceptors (Lipinski definition) is 5. The van der Waals surface area contributed by atoms with Crippen molar-refractivity contribution in [1.29, 1.82) is 0 Å². The number of halogens is 1. The van der Waals surface area contributed by atoms with Gasteiger partial charge in [0.1, 0.15) is 5.76 Å². The third-order valence-electron chi connectivity index (χ3n) is 3.57. The van der Waals surface area contributed by atoms with Gasteiger partial charge in [-0.25, -0.2) is 12.7 Å². The van der Waals surface area contributed by atoms with E-state index < -0.39 is 15.9 Å². The molecular formula is C15H18ClN3O4S. The van der Waals surface area contributed by atoms with E-state index in [2.05, 4.69) is 10.5 Å². The number of aromatic nitrogens is 1. The number of carbonyl (C=O) groups excluding carboxylic acids is 1. The highest BCUT2D eigenvalue weighted by Gasteiger charge is 2.21. The zero-order valence-corrected chi connectivity index (χ0v) is 15.3. The average molecular weight is 372 g/mol. The first-order valence-corrected chi connectivity index (χ1v) is 8.88. The van der Waals surface area contributed by atoms with Crippen molar-refractivity contribution in [2.75, 3.05) is 14.1 Å². The molecule has 0 saturated heterocycles. The molecular weight excluding hydrogens is 354 g/mol. The number of nitrogens with one attached hydrogen (secondary N) is 1. The summed E-state index contributed by atoms with van der Waals surface area (Å²) < 4.78 is 30.5. The van der Waals surface area contributed by atoms with Gasteiger partial charge in [0.2, 0.25) is 10.0 Å². The molecule has 0 aliphatic rings. The van der Waals surface area contributed by atoms with Gasteiger partial charge in [-0.15, -0.1) is 0 Å². The van der Waals surface area contributed by atoms with Crippen LogP contribution in [0.3, 0.4) is 0 Å². The van der Waals surface area contributed by atoms with Crippen LogP contribution in [0.4, 0.5) is 0 Å². The zero-order valence-electron chi connectivity index (χ0n) is 13.8. The van der Waals surface area contributed by atoms with Crippen LogP contribution in [0.2, 0.25) is 5.02 Å². The number of amides is 1. The van der Waals surface area contributed by atoms with Crippen LogP contribution in [0.25, 0.3) is 0 Å². The standard InChI is InChI=1S/C15H18ClN3O4S/c1-9-13(10(2)23-18-9)8-17-15(20)12-7-11(5-6-14(12)16)24(21,22)19(3)4/h5-7H,8H2,1-4H3,(H,17,20). The van der Waals surface area contributed by atoms with Gasteiger partial charge in [-0.2, -0.15) is 0 Å². The molecule has 9 heteroatoms. The van der Waals surface area contributed by atoms with Crippen molar-refractivity contribution in [3.05, 3.63) is 45.8 Å². The Kier molecular flexibility index (Phi) is 5.32. The van der Waals surface area contributed by atoms with E-state index in [0.29, 0.717) is 11.5 Å². The van der Waals surface area contributed by atoms with Crippen molar-refractivity contribution in [3.8, 4) is 0 Å². The quantitative estimate of drug-likeness (QED) is 0.869. The smallest absolute Gasteiger partial charge is 0.253 e. The number of rotatable bonds is 5. The highest BCUT2D eigenvalue weighted by molar-refractivity contribution is 7.89. The third-order valence-corrected chi connectivity index (χ3v) is 5.71. The summed E-state index contributed by atoms with van der Waals surface area (Å²) in [6.07, 6.45) is 0. The number of benzene rings is 1. The average Bonchev–Trinajstić information content (AvgIpc) is 2.83. The molecule has 0 aliphatic heterocycles. The van der Waals surface area contributed by atoms with Crippen LogP contribution in [0.15, 0.2) is 27.6 Å². The Morgan fingerprint density at radius 3 is 2.54 bits per heavy atom. The Morgan fingerprint density at radius 1 is 1.33 bits per heavy atom. The summed E-state index contributed by atoms with van der Waals surface area (Å²) in [4.78, 5) is 12.4. The molecule has 1 aromatic heterocycles. The molecule has 0 spiro atoms. The summed E-state index contributed by atoms with van der Waals surface area (Å²) in [7, 11) is -0.816. The van der Waals surface area contributed by atoms with Crippen LogP contribution in [0.1, 0.15) is 27.4 Å². The lowest BCUT2D eigenvalue weighted by Crippen LogP contribution is -2.25. The van der Waals surface area contributed by atoms with Crippen molar-refractivity contribution < 1.29 is 17.7 Å². The Hall–Kier alpha value is -1.90. The second-order valence-corrected chi connectivity index (χ2v) is 7.97. The molecule has 24 heavy (non-hydrogen) atoms. The Bertz CT molecular complexity index is 855. The van der Waals surface area contributed by atoms with E-state index >= 15 is 0 Å². The van der Waals surface area contributed by atoms with Gasteiger partial charge in [-0.05, 0) is 32.0 Å². The predicted molar refractivity (Wildman–Crippen MR) is 89.5 cm³/mol. The first-order chi connectivity index (χ1) is 11.1. The molecule has 0 atom stereocenters. The molecule has 1 aromatic carbocycles. The second kappa shape index (κ2) is 6.92. The van der Waals surface area contributed by atoms with Crippen LogP contribution < -0.4 is 5.32 Å². The molecule has 0 fully saturated rings. The Balaban J connectivity index is 2.26. The van der Waals surface area contributed by atoms with Crippen LogP contribution in [-0.4, -0.2) is 37.9 Å². The molecule has 1 N–H and O–H groups in total. The minimum absolute atomic E-state index is 0.000566. The minimum Gasteiger partial charge on any atom is -0.361 e. The molecule has 0 radical (unpaired) electrons. The highest BCUT2D eigenvalue weighted by Crippen LogP contribution is 2.22. The molecule has 0 bridgehead atoms. The lowest BCUT2D eigenvalue weighted by molar-refractivity contribution is 0.0950. The van der Waals surface area contributed by atoms with Gasteiger partial charge in [-0.1, -0.05) is 16.8 Å². The minimum atomic E-state index is -3.65. The SMILES string of the molecule is Cc1noc(C)c1CNC(=O)c1cc(S(=O)(=O)N(C)C)ccc1Cl. The number of aryl methyl sites for hydroxylation is 2. The van der Waals surface area contributed by atoms with Crippen molar-refractivity contribution in [1.82, 2.24) is 14.8 Å². The highest BCUT2D eigenvalue weighted by atomic mass is 35.5. The summed E-state index contributed by atoms with van der Waals surface area (Å²) in [5, 5.41) is 6.68. The van der Waals surface area contributed by atoms with Crippen LogP contribution in [-0.2, 0) is 16.6 Å². The van der Waals surface area contributed by atoms with E-state index in [1.165, 1.54) is 32.3 Å². The van der Waals surface area contributed by atoms with Gasteiger partial charge in [0.15, 0.2) is 0 Å². The number of sulfonamides is 1. The fourth-order valence-electron chi connectivity index (χ4n) is 2.07. The first-order valence-electron chi connectivity index (χ1n) is 7.06. The lowest BCUT2D eigenvalue weighted by Gasteiger charge is -2.13. The fraction of sp³-hybridized carbons (Fsp3) is 0.333. The molecule has 0 unspecified atom stereocenters. The number of nitrogens with zero attached hydrogens (tertiary/aromatic N) is 2. The topological polar surface area (TPSA) is 92.5 Å². The van der Waals surface area contributed by atoms with Crippen molar-refractivity contribution in [2.45, 2.75) is 25.3 Å². The molecule has 0 aliphatic carbocycles. The fourth-order valence-corrected chi connectivity index (χ4v) is 3.20. The molecule has 1 amide bonds. The third kappa shape index (κ3) is 3.61. The van der Waals surface area contributed by atoms with Gasteiger partial charge < -0.3 is 9.84 Å². The van der Waals surface area contributed by atoms with Crippen molar-refractivity contribution in [3.63, 3.8) is 0 Å². The molecule has 7 nitrogen and oxygen atoms in total. The van der Waals surface area contributed by atoms with Gasteiger partial charge in [0.05, 0.1) is 21.2 Å². The second-order valence-electron chi connectivity index (χ2n) is 5.41. The van der Waals surface area contributed by atoms with Gasteiger partial charge >= 0.3 is 0 Å². The van der Waals surface area contributed by atoms with E-state index in [-0.39, 0.29) is 22.0 Å². The summed E-state index contributed by atoms with van der Waals surface area (Å²) in [6.45, 7) is 3.73. The predicted octanol–water partition coefficient (Wildman–Crippen LogP) is 2.13. The summed E-state index contributed by atoms with van der Waals surface area (Å²) in [6, 6.07) is 4.02. The Morgan fingerprint density at radius 2 is 2.00 bits per heavy atom. The summed E-state index contributed by atoms with van der Waals surface area (Å²) in [5.41, 5.74) is 1.55. The zero-order chi connectivity index (χ0) is 18.1. The van der Waals surface area contributed by atoms with Crippen LogP contribution in [0, 0.1) is 13.8 Å². The maximum atomic E-state index is 12.4. The van der Waals surface area contributed by atoms with Crippen LogP contribution in [0.5, 0.6) is 0 Å². The van der Waals surface area contributed by atoms with Gasteiger partial charge in [-0.3, -0.25) is 4.79 Å². The van der Waals surface area contributed by atoms with Gasteiger partial charge in [0, 0.05) is 26.2 Å². The maximum Gasteiger partial charge on any atom is 0.253 e. The van der Waals surface area contributed by atoms with Crippen molar-refractivity contribution in [2.24, 2.45) is 0 Å². The van der Waals surface area contributed by atoms with E-state index in [1.807, 2.05) is 0 Å².